The maximum Gasteiger partial charge on any atom is 0.162 e. The second-order valence-corrected chi connectivity index (χ2v) is 12.7. The molecule has 0 aliphatic heterocycles. The van der Waals surface area contributed by atoms with Gasteiger partial charge < -0.3 is 9.47 Å². The van der Waals surface area contributed by atoms with Gasteiger partial charge in [0.05, 0.1) is 12.7 Å². The number of aliphatic imine (C=N–C) groups is 1. The number of hydrogen-bond acceptors (Lipinski definition) is 5. The molecule has 0 saturated carbocycles. The molecule has 1 aliphatic rings. The van der Waals surface area contributed by atoms with Gasteiger partial charge in [-0.15, -0.1) is 11.3 Å². The van der Waals surface area contributed by atoms with E-state index in [4.69, 9.17) is 37.7 Å². The first kappa shape index (κ1) is 27.0. The standard InChI is InChI=1S/C28H27BrCl2N2O2S/c1-28(2,3)18-6-8-20-21(13-32)27(36-26(20)10-18)33-14-17-9-24(34-4)25(12-22(17)29)35-15-16-5-7-19(30)11-23(16)31/h5,7,9,11-12,14,18H,6,8,10,15H2,1-4H3/t18-/m1/s1. The summed E-state index contributed by atoms with van der Waals surface area (Å²) < 4.78 is 12.4. The summed E-state index contributed by atoms with van der Waals surface area (Å²) >= 11 is 17.5. The average molecular weight is 606 g/mol. The zero-order valence-corrected chi connectivity index (χ0v) is 24.5. The van der Waals surface area contributed by atoms with E-state index in [2.05, 4.69) is 42.8 Å². The second kappa shape index (κ2) is 11.1. The van der Waals surface area contributed by atoms with Crippen molar-refractivity contribution in [1.82, 2.24) is 0 Å². The molecule has 0 saturated heterocycles. The van der Waals surface area contributed by atoms with Crippen LogP contribution < -0.4 is 9.47 Å². The van der Waals surface area contributed by atoms with Gasteiger partial charge in [0, 0.05) is 36.7 Å². The van der Waals surface area contributed by atoms with Crippen LogP contribution in [0.25, 0.3) is 0 Å². The molecule has 1 heterocycles. The van der Waals surface area contributed by atoms with Crippen LogP contribution in [-0.2, 0) is 19.4 Å². The van der Waals surface area contributed by atoms with Gasteiger partial charge in [-0.25, -0.2) is 4.99 Å². The van der Waals surface area contributed by atoms with Crippen LogP contribution in [0, 0.1) is 22.7 Å². The Bertz CT molecular complexity index is 1360. The minimum Gasteiger partial charge on any atom is -0.493 e. The highest BCUT2D eigenvalue weighted by molar-refractivity contribution is 9.10. The molecule has 188 valence electrons. The van der Waals surface area contributed by atoms with Crippen molar-refractivity contribution in [2.45, 2.75) is 46.6 Å². The lowest BCUT2D eigenvalue weighted by Gasteiger charge is -2.33. The number of fused-ring (bicyclic) bond motifs is 1. The maximum atomic E-state index is 9.87. The van der Waals surface area contributed by atoms with Crippen LogP contribution >= 0.6 is 50.5 Å². The van der Waals surface area contributed by atoms with Gasteiger partial charge in [0.15, 0.2) is 11.5 Å². The van der Waals surface area contributed by atoms with E-state index in [1.54, 1.807) is 36.8 Å². The smallest absolute Gasteiger partial charge is 0.162 e. The number of thiophene rings is 1. The first-order valence-electron chi connectivity index (χ1n) is 11.6. The Morgan fingerprint density at radius 1 is 1.22 bits per heavy atom. The average Bonchev–Trinajstić information content (AvgIpc) is 3.19. The van der Waals surface area contributed by atoms with Crippen molar-refractivity contribution in [3.05, 3.63) is 72.0 Å². The van der Waals surface area contributed by atoms with Crippen LogP contribution in [0.1, 0.15) is 54.3 Å². The van der Waals surface area contributed by atoms with Crippen LogP contribution in [0.5, 0.6) is 11.5 Å². The third-order valence-corrected chi connectivity index (χ3v) is 9.02. The van der Waals surface area contributed by atoms with Gasteiger partial charge >= 0.3 is 0 Å². The molecular formula is C28H27BrCl2N2O2S. The van der Waals surface area contributed by atoms with Crippen molar-refractivity contribution in [1.29, 1.82) is 5.26 Å². The first-order valence-corrected chi connectivity index (χ1v) is 14.0. The Balaban J connectivity index is 1.57. The minimum absolute atomic E-state index is 0.252. The fourth-order valence-corrected chi connectivity index (χ4v) is 6.47. The fourth-order valence-electron chi connectivity index (χ4n) is 4.36. The van der Waals surface area contributed by atoms with E-state index >= 15 is 0 Å². The number of rotatable bonds is 6. The van der Waals surface area contributed by atoms with Crippen molar-refractivity contribution in [3.8, 4) is 17.6 Å². The van der Waals surface area contributed by atoms with E-state index in [0.717, 1.165) is 39.9 Å². The van der Waals surface area contributed by atoms with Crippen LogP contribution in [0.4, 0.5) is 5.00 Å². The molecule has 0 fully saturated rings. The van der Waals surface area contributed by atoms with E-state index < -0.39 is 0 Å². The lowest BCUT2D eigenvalue weighted by molar-refractivity contribution is 0.218. The van der Waals surface area contributed by atoms with Gasteiger partial charge in [0.25, 0.3) is 0 Å². The monoisotopic (exact) mass is 604 g/mol. The third-order valence-electron chi connectivity index (χ3n) is 6.59. The van der Waals surface area contributed by atoms with Gasteiger partial charge in [-0.3, -0.25) is 0 Å². The van der Waals surface area contributed by atoms with Crippen LogP contribution in [0.15, 0.2) is 39.8 Å². The molecule has 3 aromatic rings. The van der Waals surface area contributed by atoms with Crippen LogP contribution in [0.2, 0.25) is 10.0 Å². The van der Waals surface area contributed by atoms with Crippen molar-refractivity contribution in [2.75, 3.05) is 7.11 Å². The highest BCUT2D eigenvalue weighted by atomic mass is 79.9. The lowest BCUT2D eigenvalue weighted by atomic mass is 9.72. The lowest BCUT2D eigenvalue weighted by Crippen LogP contribution is -2.26. The molecular weight excluding hydrogens is 579 g/mol. The van der Waals surface area contributed by atoms with Gasteiger partial charge in [-0.05, 0) is 76.4 Å². The van der Waals surface area contributed by atoms with Gasteiger partial charge in [-0.2, -0.15) is 5.26 Å². The SMILES string of the molecule is COc1cc(C=Nc2sc3c(c2C#N)CC[C@@H](C(C)(C)C)C3)c(Br)cc1OCc1ccc(Cl)cc1Cl. The van der Waals surface area contributed by atoms with Crippen LogP contribution in [-0.4, -0.2) is 13.3 Å². The van der Waals surface area contributed by atoms with Gasteiger partial charge in [-0.1, -0.05) is 50.0 Å². The summed E-state index contributed by atoms with van der Waals surface area (Å²) in [7, 11) is 1.60. The molecule has 0 bridgehead atoms. The normalized spacial score (nSPS) is 15.6. The largest absolute Gasteiger partial charge is 0.493 e. The Kier molecular flexibility index (Phi) is 8.36. The first-order chi connectivity index (χ1) is 17.1. The molecule has 8 heteroatoms. The summed E-state index contributed by atoms with van der Waals surface area (Å²) in [4.78, 5) is 6.03. The number of hydrogen-bond donors (Lipinski definition) is 0. The van der Waals surface area contributed by atoms with Crippen molar-refractivity contribution in [3.63, 3.8) is 0 Å². The molecule has 0 spiro atoms. The molecule has 0 unspecified atom stereocenters. The fraction of sp³-hybridized carbons (Fsp3) is 0.357. The maximum absolute atomic E-state index is 9.87. The number of benzene rings is 2. The van der Waals surface area contributed by atoms with Gasteiger partial charge in [0.1, 0.15) is 17.7 Å². The predicted molar refractivity (Wildman–Crippen MR) is 153 cm³/mol. The number of ether oxygens (including phenoxy) is 2. The Morgan fingerprint density at radius 3 is 2.67 bits per heavy atom. The Labute approximate surface area is 235 Å². The van der Waals surface area contributed by atoms with E-state index in [1.807, 2.05) is 18.2 Å². The summed E-state index contributed by atoms with van der Waals surface area (Å²) in [5.74, 6) is 1.76. The molecule has 0 N–H and O–H groups in total. The van der Waals surface area contributed by atoms with Crippen LogP contribution in [0.3, 0.4) is 0 Å². The molecule has 0 amide bonds. The Hall–Kier alpha value is -2.04. The van der Waals surface area contributed by atoms with Gasteiger partial charge in [0.2, 0.25) is 0 Å². The molecule has 1 atom stereocenters. The molecule has 1 aromatic heterocycles. The topological polar surface area (TPSA) is 54.6 Å². The summed E-state index contributed by atoms with van der Waals surface area (Å²) in [6.07, 6.45) is 4.82. The second-order valence-electron chi connectivity index (χ2n) is 9.91. The third kappa shape index (κ3) is 5.92. The van der Waals surface area contributed by atoms with E-state index in [1.165, 1.54) is 10.4 Å². The highest BCUT2D eigenvalue weighted by Gasteiger charge is 2.32. The highest BCUT2D eigenvalue weighted by Crippen LogP contribution is 2.45. The van der Waals surface area contributed by atoms with Crippen molar-refractivity contribution in [2.24, 2.45) is 16.3 Å². The molecule has 2 aromatic carbocycles. The van der Waals surface area contributed by atoms with Crippen molar-refractivity contribution < 1.29 is 9.47 Å². The predicted octanol–water partition coefficient (Wildman–Crippen LogP) is 9.18. The van der Waals surface area contributed by atoms with Crippen molar-refractivity contribution >= 4 is 61.7 Å². The summed E-state index contributed by atoms with van der Waals surface area (Å²) in [6.45, 7) is 7.16. The molecule has 0 radical (unpaired) electrons. The number of nitriles is 1. The molecule has 36 heavy (non-hydrogen) atoms. The summed E-state index contributed by atoms with van der Waals surface area (Å²) in [5, 5.41) is 11.8. The minimum atomic E-state index is 0.252. The van der Waals surface area contributed by atoms with E-state index in [0.29, 0.717) is 33.0 Å². The molecule has 4 rings (SSSR count). The quantitative estimate of drug-likeness (QED) is 0.263. The number of halogens is 3. The molecule has 1 aliphatic carbocycles. The van der Waals surface area contributed by atoms with E-state index in [-0.39, 0.29) is 12.0 Å². The van der Waals surface area contributed by atoms with E-state index in [9.17, 15) is 5.26 Å². The summed E-state index contributed by atoms with van der Waals surface area (Å²) in [5.41, 5.74) is 3.79. The zero-order valence-electron chi connectivity index (χ0n) is 20.6. The Morgan fingerprint density at radius 2 is 2.00 bits per heavy atom. The number of nitrogens with zero attached hydrogens (tertiary/aromatic N) is 2. The number of methoxy groups -OCH3 is 1. The summed E-state index contributed by atoms with van der Waals surface area (Å²) in [6, 6.07) is 11.4. The molecule has 4 nitrogen and oxygen atoms in total. The zero-order chi connectivity index (χ0) is 26.0.